The molecule has 0 aromatic carbocycles. The molecule has 1 heterocycles. The Morgan fingerprint density at radius 1 is 1.70 bits per heavy atom. The summed E-state index contributed by atoms with van der Waals surface area (Å²) in [5.74, 6) is 0.430. The normalized spacial score (nSPS) is 13.4. The first-order valence-electron chi connectivity index (χ1n) is 3.33. The van der Waals surface area contributed by atoms with Crippen molar-refractivity contribution in [3.63, 3.8) is 0 Å². The Morgan fingerprint density at radius 3 is 2.80 bits per heavy atom. The minimum absolute atomic E-state index is 0.0565. The topological polar surface area (TPSA) is 65.2 Å². The summed E-state index contributed by atoms with van der Waals surface area (Å²) in [6.45, 7) is 2.02. The maximum atomic E-state index is 5.69. The van der Waals surface area contributed by atoms with Gasteiger partial charge in [0.15, 0.2) is 5.88 Å². The highest BCUT2D eigenvalue weighted by atomic mass is 16.3. The molecule has 0 amide bonds. The summed E-state index contributed by atoms with van der Waals surface area (Å²) in [6.07, 6.45) is 2.50. The molecular formula is C7H12N2O. The van der Waals surface area contributed by atoms with Crippen molar-refractivity contribution in [2.75, 3.05) is 5.73 Å². The van der Waals surface area contributed by atoms with Crippen LogP contribution in [0.3, 0.4) is 0 Å². The first-order valence-corrected chi connectivity index (χ1v) is 3.33. The molecule has 1 rings (SSSR count). The summed E-state index contributed by atoms with van der Waals surface area (Å²) in [5, 5.41) is 0. The Morgan fingerprint density at radius 2 is 2.40 bits per heavy atom. The second-order valence-electron chi connectivity index (χ2n) is 2.30. The summed E-state index contributed by atoms with van der Waals surface area (Å²) in [7, 11) is 0. The van der Waals surface area contributed by atoms with E-state index in [2.05, 4.69) is 0 Å². The first kappa shape index (κ1) is 7.15. The van der Waals surface area contributed by atoms with Crippen LogP contribution in [0.2, 0.25) is 0 Å². The lowest BCUT2D eigenvalue weighted by atomic mass is 10.1. The van der Waals surface area contributed by atoms with E-state index in [0.29, 0.717) is 5.88 Å². The number of nitrogen functional groups attached to an aromatic ring is 1. The Labute approximate surface area is 60.0 Å². The second kappa shape index (κ2) is 2.75. The van der Waals surface area contributed by atoms with Crippen LogP contribution in [0.4, 0.5) is 5.88 Å². The van der Waals surface area contributed by atoms with Gasteiger partial charge in [-0.05, 0) is 6.42 Å². The van der Waals surface area contributed by atoms with Crippen LogP contribution in [-0.2, 0) is 0 Å². The van der Waals surface area contributed by atoms with Crippen molar-refractivity contribution in [2.24, 2.45) is 5.73 Å². The molecule has 0 spiro atoms. The summed E-state index contributed by atoms with van der Waals surface area (Å²) < 4.78 is 4.89. The summed E-state index contributed by atoms with van der Waals surface area (Å²) >= 11 is 0. The zero-order valence-corrected chi connectivity index (χ0v) is 6.00. The van der Waals surface area contributed by atoms with Crippen LogP contribution in [0, 0.1) is 0 Å². The van der Waals surface area contributed by atoms with Crippen molar-refractivity contribution in [3.05, 3.63) is 17.9 Å². The first-order chi connectivity index (χ1) is 4.74. The SMILES string of the molecule is CC[C@@H](N)c1coc(N)c1. The monoisotopic (exact) mass is 140 g/mol. The predicted octanol–water partition coefficient (Wildman–Crippen LogP) is 1.27. The molecule has 56 valence electrons. The summed E-state index contributed by atoms with van der Waals surface area (Å²) in [4.78, 5) is 0. The standard InChI is InChI=1S/C7H12N2O/c1-2-6(8)5-3-7(9)10-4-5/h3-4,6H,2,8-9H2,1H3/t6-/m1/s1. The van der Waals surface area contributed by atoms with E-state index in [1.807, 2.05) is 6.92 Å². The molecule has 0 radical (unpaired) electrons. The van der Waals surface area contributed by atoms with E-state index in [1.165, 1.54) is 0 Å². The highest BCUT2D eigenvalue weighted by molar-refractivity contribution is 5.30. The maximum absolute atomic E-state index is 5.69. The lowest BCUT2D eigenvalue weighted by Gasteiger charge is -2.02. The molecule has 1 atom stereocenters. The number of nitrogens with two attached hydrogens (primary N) is 2. The number of hydrogen-bond acceptors (Lipinski definition) is 3. The fraction of sp³-hybridized carbons (Fsp3) is 0.429. The zero-order chi connectivity index (χ0) is 7.56. The predicted molar refractivity (Wildman–Crippen MR) is 40.3 cm³/mol. The van der Waals surface area contributed by atoms with Crippen LogP contribution in [0.15, 0.2) is 16.7 Å². The fourth-order valence-corrected chi connectivity index (χ4v) is 0.799. The van der Waals surface area contributed by atoms with Gasteiger partial charge in [-0.25, -0.2) is 0 Å². The minimum atomic E-state index is 0.0565. The van der Waals surface area contributed by atoms with Crippen LogP contribution in [0.25, 0.3) is 0 Å². The van der Waals surface area contributed by atoms with Crippen molar-refractivity contribution < 1.29 is 4.42 Å². The minimum Gasteiger partial charge on any atom is -0.449 e. The van der Waals surface area contributed by atoms with E-state index in [1.54, 1.807) is 12.3 Å². The Balaban J connectivity index is 2.74. The van der Waals surface area contributed by atoms with Gasteiger partial charge in [-0.2, -0.15) is 0 Å². The molecule has 1 aromatic heterocycles. The van der Waals surface area contributed by atoms with E-state index in [0.717, 1.165) is 12.0 Å². The summed E-state index contributed by atoms with van der Waals surface area (Å²) in [6, 6.07) is 1.81. The van der Waals surface area contributed by atoms with Gasteiger partial charge in [0.25, 0.3) is 0 Å². The third kappa shape index (κ3) is 1.30. The highest BCUT2D eigenvalue weighted by Crippen LogP contribution is 2.17. The average molecular weight is 140 g/mol. The van der Waals surface area contributed by atoms with Crippen LogP contribution in [0.1, 0.15) is 24.9 Å². The molecule has 10 heavy (non-hydrogen) atoms. The lowest BCUT2D eigenvalue weighted by Crippen LogP contribution is -2.06. The summed E-state index contributed by atoms with van der Waals surface area (Å²) in [5.41, 5.74) is 12.0. The van der Waals surface area contributed by atoms with E-state index in [-0.39, 0.29) is 6.04 Å². The molecule has 0 aliphatic heterocycles. The third-order valence-corrected chi connectivity index (χ3v) is 1.51. The van der Waals surface area contributed by atoms with Gasteiger partial charge in [-0.15, -0.1) is 0 Å². The molecule has 0 unspecified atom stereocenters. The van der Waals surface area contributed by atoms with Gasteiger partial charge >= 0.3 is 0 Å². The third-order valence-electron chi connectivity index (χ3n) is 1.51. The van der Waals surface area contributed by atoms with Crippen molar-refractivity contribution in [1.29, 1.82) is 0 Å². The van der Waals surface area contributed by atoms with E-state index in [4.69, 9.17) is 15.9 Å². The lowest BCUT2D eigenvalue weighted by molar-refractivity contribution is 0.575. The Bertz CT molecular complexity index is 207. The molecule has 3 heteroatoms. The molecule has 0 aliphatic rings. The van der Waals surface area contributed by atoms with Gasteiger partial charge in [-0.1, -0.05) is 6.92 Å². The second-order valence-corrected chi connectivity index (χ2v) is 2.30. The molecule has 0 aliphatic carbocycles. The van der Waals surface area contributed by atoms with Crippen molar-refractivity contribution in [3.8, 4) is 0 Å². The van der Waals surface area contributed by atoms with Crippen molar-refractivity contribution in [2.45, 2.75) is 19.4 Å². The van der Waals surface area contributed by atoms with Crippen LogP contribution in [-0.4, -0.2) is 0 Å². The number of rotatable bonds is 2. The molecular weight excluding hydrogens is 128 g/mol. The molecule has 0 saturated carbocycles. The molecule has 0 fully saturated rings. The van der Waals surface area contributed by atoms with Gasteiger partial charge in [0.05, 0.1) is 6.26 Å². The number of anilines is 1. The van der Waals surface area contributed by atoms with Gasteiger partial charge in [0.1, 0.15) is 0 Å². The van der Waals surface area contributed by atoms with Crippen LogP contribution >= 0.6 is 0 Å². The fourth-order valence-electron chi connectivity index (χ4n) is 0.799. The Kier molecular flexibility index (Phi) is 1.97. The number of furan rings is 1. The Hall–Kier alpha value is -0.960. The van der Waals surface area contributed by atoms with Gasteiger partial charge in [0.2, 0.25) is 0 Å². The van der Waals surface area contributed by atoms with E-state index in [9.17, 15) is 0 Å². The van der Waals surface area contributed by atoms with Gasteiger partial charge in [0, 0.05) is 17.7 Å². The molecule has 0 saturated heterocycles. The van der Waals surface area contributed by atoms with Crippen molar-refractivity contribution in [1.82, 2.24) is 0 Å². The quantitative estimate of drug-likeness (QED) is 0.650. The molecule has 0 bridgehead atoms. The zero-order valence-electron chi connectivity index (χ0n) is 6.00. The van der Waals surface area contributed by atoms with Gasteiger partial charge < -0.3 is 15.9 Å². The maximum Gasteiger partial charge on any atom is 0.190 e. The van der Waals surface area contributed by atoms with Gasteiger partial charge in [-0.3, -0.25) is 0 Å². The molecule has 3 nitrogen and oxygen atoms in total. The smallest absolute Gasteiger partial charge is 0.190 e. The van der Waals surface area contributed by atoms with E-state index < -0.39 is 0 Å². The largest absolute Gasteiger partial charge is 0.449 e. The molecule has 4 N–H and O–H groups in total. The number of hydrogen-bond donors (Lipinski definition) is 2. The van der Waals surface area contributed by atoms with Crippen LogP contribution in [0.5, 0.6) is 0 Å². The van der Waals surface area contributed by atoms with Crippen LogP contribution < -0.4 is 11.5 Å². The van der Waals surface area contributed by atoms with E-state index >= 15 is 0 Å². The van der Waals surface area contributed by atoms with Crippen molar-refractivity contribution >= 4 is 5.88 Å². The highest BCUT2D eigenvalue weighted by Gasteiger charge is 2.05. The average Bonchev–Trinajstić information content (AvgIpc) is 2.34. The molecule has 1 aromatic rings.